The highest BCUT2D eigenvalue weighted by Gasteiger charge is 2.24. The number of benzene rings is 1. The van der Waals surface area contributed by atoms with Crippen molar-refractivity contribution in [1.29, 1.82) is 0 Å². The molecule has 0 unspecified atom stereocenters. The van der Waals surface area contributed by atoms with E-state index < -0.39 is 15.9 Å². The number of hydrogen-bond acceptors (Lipinski definition) is 7. The van der Waals surface area contributed by atoms with Gasteiger partial charge in [0.1, 0.15) is 10.4 Å². The van der Waals surface area contributed by atoms with Gasteiger partial charge in [-0.2, -0.15) is 0 Å². The Morgan fingerprint density at radius 2 is 2.08 bits per heavy atom. The topological polar surface area (TPSA) is 116 Å². The van der Waals surface area contributed by atoms with Crippen molar-refractivity contribution in [1.82, 2.24) is 24.7 Å². The SMILES string of the molecule is CCOc1ncccc1S(=O)(=O)NC(=O)c1ccc2c(c1)nnn2CC. The Labute approximate surface area is 150 Å². The molecule has 1 amide bonds. The van der Waals surface area contributed by atoms with Crippen molar-refractivity contribution >= 4 is 27.0 Å². The summed E-state index contributed by atoms with van der Waals surface area (Å²) in [4.78, 5) is 16.1. The molecule has 0 fully saturated rings. The first-order valence-corrected chi connectivity index (χ1v) is 9.42. The second-order valence-electron chi connectivity index (χ2n) is 5.28. The van der Waals surface area contributed by atoms with Crippen molar-refractivity contribution in [3.63, 3.8) is 0 Å². The Kier molecular flexibility index (Phi) is 4.85. The molecule has 0 spiro atoms. The first-order chi connectivity index (χ1) is 12.5. The molecular formula is C16H17N5O4S. The van der Waals surface area contributed by atoms with Crippen LogP contribution < -0.4 is 9.46 Å². The molecule has 0 atom stereocenters. The smallest absolute Gasteiger partial charge is 0.269 e. The number of fused-ring (bicyclic) bond motifs is 1. The number of carbonyl (C=O) groups is 1. The Morgan fingerprint density at radius 1 is 1.27 bits per heavy atom. The molecule has 0 bridgehead atoms. The third-order valence-corrected chi connectivity index (χ3v) is 4.95. The Bertz CT molecular complexity index is 1060. The number of ether oxygens (including phenoxy) is 1. The maximum Gasteiger partial charge on any atom is 0.269 e. The number of aromatic nitrogens is 4. The van der Waals surface area contributed by atoms with Gasteiger partial charge in [-0.25, -0.2) is 22.8 Å². The number of amides is 1. The molecule has 3 rings (SSSR count). The summed E-state index contributed by atoms with van der Waals surface area (Å²) < 4.78 is 34.0. The number of nitrogens with zero attached hydrogens (tertiary/aromatic N) is 4. The van der Waals surface area contributed by atoms with Gasteiger partial charge in [-0.15, -0.1) is 5.10 Å². The van der Waals surface area contributed by atoms with Gasteiger partial charge < -0.3 is 4.74 Å². The van der Waals surface area contributed by atoms with E-state index in [1.165, 1.54) is 30.5 Å². The van der Waals surface area contributed by atoms with Crippen LogP contribution in [0.25, 0.3) is 11.0 Å². The Morgan fingerprint density at radius 3 is 2.81 bits per heavy atom. The van der Waals surface area contributed by atoms with Crippen molar-refractivity contribution in [3.05, 3.63) is 42.1 Å². The van der Waals surface area contributed by atoms with Crippen molar-refractivity contribution < 1.29 is 17.9 Å². The fraction of sp³-hybridized carbons (Fsp3) is 0.250. The number of sulfonamides is 1. The van der Waals surface area contributed by atoms with E-state index >= 15 is 0 Å². The van der Waals surface area contributed by atoms with Crippen molar-refractivity contribution in [2.45, 2.75) is 25.3 Å². The monoisotopic (exact) mass is 375 g/mol. The molecule has 26 heavy (non-hydrogen) atoms. The molecule has 10 heteroatoms. The number of rotatable bonds is 6. The minimum atomic E-state index is -4.14. The summed E-state index contributed by atoms with van der Waals surface area (Å²) in [5.74, 6) is -0.833. The van der Waals surface area contributed by atoms with E-state index in [0.29, 0.717) is 12.1 Å². The minimum Gasteiger partial charge on any atom is -0.477 e. The summed E-state index contributed by atoms with van der Waals surface area (Å²) in [5.41, 5.74) is 1.43. The summed E-state index contributed by atoms with van der Waals surface area (Å²) in [7, 11) is -4.14. The number of carbonyl (C=O) groups excluding carboxylic acids is 1. The average Bonchev–Trinajstić information content (AvgIpc) is 3.04. The van der Waals surface area contributed by atoms with Gasteiger partial charge in [0.05, 0.1) is 12.1 Å². The molecule has 0 saturated heterocycles. The number of hydrogen-bond donors (Lipinski definition) is 1. The van der Waals surface area contributed by atoms with E-state index in [9.17, 15) is 13.2 Å². The predicted molar refractivity (Wildman–Crippen MR) is 93.3 cm³/mol. The lowest BCUT2D eigenvalue weighted by Gasteiger charge is -2.10. The maximum atomic E-state index is 12.5. The van der Waals surface area contributed by atoms with Crippen LogP contribution in [0.5, 0.6) is 5.88 Å². The highest BCUT2D eigenvalue weighted by molar-refractivity contribution is 7.90. The second-order valence-corrected chi connectivity index (χ2v) is 6.93. The standard InChI is InChI=1S/C16H17N5O4S/c1-3-21-13-8-7-11(10-12(13)18-20-21)15(22)19-26(23,24)14-6-5-9-17-16(14)25-4-2/h5-10H,3-4H2,1-2H3,(H,19,22). The molecule has 0 saturated carbocycles. The third kappa shape index (κ3) is 3.36. The van der Waals surface area contributed by atoms with Crippen LogP contribution in [-0.4, -0.2) is 40.9 Å². The van der Waals surface area contributed by atoms with Crippen LogP contribution in [0.4, 0.5) is 0 Å². The van der Waals surface area contributed by atoms with Crippen molar-refractivity contribution in [2.24, 2.45) is 0 Å². The number of nitrogens with one attached hydrogen (secondary N) is 1. The summed E-state index contributed by atoms with van der Waals surface area (Å²) in [6.45, 7) is 4.52. The number of aryl methyl sites for hydroxylation is 1. The maximum absolute atomic E-state index is 12.5. The lowest BCUT2D eigenvalue weighted by molar-refractivity contribution is 0.0981. The molecule has 2 aromatic heterocycles. The first-order valence-electron chi connectivity index (χ1n) is 7.94. The van der Waals surface area contributed by atoms with Gasteiger partial charge in [-0.3, -0.25) is 4.79 Å². The lowest BCUT2D eigenvalue weighted by Crippen LogP contribution is -2.31. The highest BCUT2D eigenvalue weighted by Crippen LogP contribution is 2.21. The lowest BCUT2D eigenvalue weighted by atomic mass is 10.2. The molecule has 0 aliphatic rings. The quantitative estimate of drug-likeness (QED) is 0.691. The van der Waals surface area contributed by atoms with Crippen LogP contribution >= 0.6 is 0 Å². The molecule has 2 heterocycles. The fourth-order valence-electron chi connectivity index (χ4n) is 2.41. The summed E-state index contributed by atoms with van der Waals surface area (Å²) in [5, 5.41) is 7.94. The zero-order valence-corrected chi connectivity index (χ0v) is 15.0. The van der Waals surface area contributed by atoms with Gasteiger partial charge in [-0.05, 0) is 44.2 Å². The summed E-state index contributed by atoms with van der Waals surface area (Å²) in [6, 6.07) is 7.47. The van der Waals surface area contributed by atoms with Crippen LogP contribution in [0.2, 0.25) is 0 Å². The van der Waals surface area contributed by atoms with Crippen molar-refractivity contribution in [2.75, 3.05) is 6.61 Å². The van der Waals surface area contributed by atoms with E-state index in [0.717, 1.165) is 5.52 Å². The van der Waals surface area contributed by atoms with Crippen LogP contribution in [0.15, 0.2) is 41.4 Å². The van der Waals surface area contributed by atoms with Gasteiger partial charge in [-0.1, -0.05) is 5.21 Å². The first kappa shape index (κ1) is 17.8. The zero-order valence-electron chi connectivity index (χ0n) is 14.2. The van der Waals surface area contributed by atoms with Gasteiger partial charge in [0.2, 0.25) is 5.88 Å². The van der Waals surface area contributed by atoms with E-state index in [2.05, 4.69) is 15.3 Å². The molecule has 3 aromatic rings. The summed E-state index contributed by atoms with van der Waals surface area (Å²) >= 11 is 0. The van der Waals surface area contributed by atoms with E-state index in [1.807, 2.05) is 11.6 Å². The van der Waals surface area contributed by atoms with Crippen LogP contribution in [0, 0.1) is 0 Å². The minimum absolute atomic E-state index is 0.0587. The summed E-state index contributed by atoms with van der Waals surface area (Å²) in [6.07, 6.45) is 1.41. The molecule has 0 aliphatic heterocycles. The molecule has 136 valence electrons. The van der Waals surface area contributed by atoms with Gasteiger partial charge in [0.25, 0.3) is 15.9 Å². The number of pyridine rings is 1. The Balaban J connectivity index is 1.89. The molecular weight excluding hydrogens is 358 g/mol. The van der Waals surface area contributed by atoms with E-state index in [-0.39, 0.29) is 22.9 Å². The van der Waals surface area contributed by atoms with Gasteiger partial charge in [0, 0.05) is 18.3 Å². The van der Waals surface area contributed by atoms with Gasteiger partial charge >= 0.3 is 0 Å². The van der Waals surface area contributed by atoms with E-state index in [1.54, 1.807) is 17.7 Å². The zero-order chi connectivity index (χ0) is 18.7. The highest BCUT2D eigenvalue weighted by atomic mass is 32.2. The molecule has 0 radical (unpaired) electrons. The van der Waals surface area contributed by atoms with Crippen LogP contribution in [-0.2, 0) is 16.6 Å². The molecule has 1 N–H and O–H groups in total. The normalized spacial score (nSPS) is 11.5. The third-order valence-electron chi connectivity index (χ3n) is 3.61. The molecule has 1 aromatic carbocycles. The van der Waals surface area contributed by atoms with Crippen molar-refractivity contribution in [3.8, 4) is 5.88 Å². The largest absolute Gasteiger partial charge is 0.477 e. The Hall–Kier alpha value is -3.01. The predicted octanol–water partition coefficient (Wildman–Crippen LogP) is 1.36. The van der Waals surface area contributed by atoms with Crippen LogP contribution in [0.3, 0.4) is 0 Å². The molecule has 0 aliphatic carbocycles. The average molecular weight is 375 g/mol. The van der Waals surface area contributed by atoms with E-state index in [4.69, 9.17) is 4.74 Å². The van der Waals surface area contributed by atoms with Crippen LogP contribution in [0.1, 0.15) is 24.2 Å². The van der Waals surface area contributed by atoms with Gasteiger partial charge in [0.15, 0.2) is 0 Å². The fourth-order valence-corrected chi connectivity index (χ4v) is 3.48. The second kappa shape index (κ2) is 7.08. The molecule has 9 nitrogen and oxygen atoms in total.